The normalized spacial score (nSPS) is 12.7. The van der Waals surface area contributed by atoms with Crippen molar-refractivity contribution in [2.75, 3.05) is 6.26 Å². The van der Waals surface area contributed by atoms with Gasteiger partial charge in [-0.3, -0.25) is 4.79 Å². The molecule has 1 N–H and O–H groups in total. The van der Waals surface area contributed by atoms with Crippen LogP contribution in [0.3, 0.4) is 0 Å². The Labute approximate surface area is 98.1 Å². The zero-order valence-electron chi connectivity index (χ0n) is 9.22. The van der Waals surface area contributed by atoms with Gasteiger partial charge in [0.15, 0.2) is 9.84 Å². The third-order valence-electron chi connectivity index (χ3n) is 2.11. The predicted molar refractivity (Wildman–Crippen MR) is 61.3 cm³/mol. The van der Waals surface area contributed by atoms with Crippen LogP contribution >= 0.6 is 11.3 Å². The van der Waals surface area contributed by atoms with Gasteiger partial charge in [0, 0.05) is 11.6 Å². The van der Waals surface area contributed by atoms with Crippen molar-refractivity contribution >= 4 is 27.1 Å². The van der Waals surface area contributed by atoms with Crippen molar-refractivity contribution in [3.05, 3.63) is 16.1 Å². The second-order valence-corrected chi connectivity index (χ2v) is 7.21. The molecule has 1 rings (SSSR count). The molecule has 5 nitrogen and oxygen atoms in total. The van der Waals surface area contributed by atoms with Crippen molar-refractivity contribution in [3.8, 4) is 0 Å². The summed E-state index contributed by atoms with van der Waals surface area (Å²) < 4.78 is 22.1. The Bertz CT molecular complexity index is 501. The number of aromatic nitrogens is 1. The third kappa shape index (κ3) is 3.02. The topological polar surface area (TPSA) is 84.3 Å². The lowest BCUT2D eigenvalue weighted by molar-refractivity contribution is -0.142. The summed E-state index contributed by atoms with van der Waals surface area (Å²) in [6.07, 6.45) is 1.12. The smallest absolute Gasteiger partial charge is 0.315 e. The van der Waals surface area contributed by atoms with Gasteiger partial charge in [0.25, 0.3) is 0 Å². The van der Waals surface area contributed by atoms with Gasteiger partial charge in [0.1, 0.15) is 16.2 Å². The summed E-state index contributed by atoms with van der Waals surface area (Å²) in [7, 11) is -3.13. The summed E-state index contributed by atoms with van der Waals surface area (Å²) in [6, 6.07) is 0. The number of aliphatic carboxylic acids is 1. The number of carbonyl (C=O) groups is 1. The van der Waals surface area contributed by atoms with E-state index in [4.69, 9.17) is 5.11 Å². The number of thiazole rings is 1. The first-order valence-electron chi connectivity index (χ1n) is 4.49. The molecule has 0 saturated heterocycles. The summed E-state index contributed by atoms with van der Waals surface area (Å²) in [5.74, 6) is -1.13. The van der Waals surface area contributed by atoms with Gasteiger partial charge in [-0.1, -0.05) is 0 Å². The molecule has 1 heterocycles. The molecule has 0 saturated carbocycles. The highest BCUT2D eigenvalue weighted by Gasteiger charge is 2.32. The molecule has 0 fully saturated rings. The lowest BCUT2D eigenvalue weighted by Crippen LogP contribution is -2.28. The number of hydrogen-bond donors (Lipinski definition) is 1. The highest BCUT2D eigenvalue weighted by Crippen LogP contribution is 2.25. The first-order valence-corrected chi connectivity index (χ1v) is 7.43. The van der Waals surface area contributed by atoms with E-state index in [0.717, 1.165) is 6.26 Å². The second kappa shape index (κ2) is 4.14. The fraction of sp³-hybridized carbons (Fsp3) is 0.556. The van der Waals surface area contributed by atoms with E-state index in [-0.39, 0.29) is 5.75 Å². The molecule has 0 bridgehead atoms. The van der Waals surface area contributed by atoms with E-state index in [9.17, 15) is 13.2 Å². The summed E-state index contributed by atoms with van der Waals surface area (Å²) in [5, 5.41) is 11.0. The molecular weight excluding hydrogens is 250 g/mol. The van der Waals surface area contributed by atoms with Crippen LogP contribution in [0.2, 0.25) is 0 Å². The second-order valence-electron chi connectivity index (χ2n) is 4.13. The van der Waals surface area contributed by atoms with Crippen molar-refractivity contribution < 1.29 is 18.3 Å². The Kier molecular flexibility index (Phi) is 3.39. The van der Waals surface area contributed by atoms with Gasteiger partial charge < -0.3 is 5.11 Å². The molecule has 0 aliphatic rings. The van der Waals surface area contributed by atoms with Gasteiger partial charge in [-0.05, 0) is 13.8 Å². The molecular formula is C9H13NO4S2. The Balaban J connectivity index is 3.00. The van der Waals surface area contributed by atoms with Gasteiger partial charge in [0.05, 0.1) is 5.69 Å². The zero-order valence-corrected chi connectivity index (χ0v) is 10.9. The van der Waals surface area contributed by atoms with Gasteiger partial charge in [-0.2, -0.15) is 0 Å². The highest BCUT2D eigenvalue weighted by atomic mass is 32.2. The standard InChI is InChI=1S/C9H13NO4S2/c1-9(2,8(11)12)6-4-15-7(10-6)5-16(3,13)14/h4H,5H2,1-3H3,(H,11,12). The highest BCUT2D eigenvalue weighted by molar-refractivity contribution is 7.90. The van der Waals surface area contributed by atoms with Crippen LogP contribution in [0.1, 0.15) is 24.5 Å². The molecule has 0 atom stereocenters. The fourth-order valence-electron chi connectivity index (χ4n) is 0.998. The van der Waals surface area contributed by atoms with Crippen LogP contribution in [0.4, 0.5) is 0 Å². The number of hydrogen-bond acceptors (Lipinski definition) is 5. The molecule has 0 aliphatic carbocycles. The maximum absolute atomic E-state index is 11.0. The number of rotatable bonds is 4. The van der Waals surface area contributed by atoms with E-state index in [1.807, 2.05) is 0 Å². The zero-order chi connectivity index (χ0) is 12.6. The van der Waals surface area contributed by atoms with Gasteiger partial charge in [-0.25, -0.2) is 13.4 Å². The van der Waals surface area contributed by atoms with Gasteiger partial charge in [0.2, 0.25) is 0 Å². The molecule has 1 aromatic heterocycles. The van der Waals surface area contributed by atoms with Crippen LogP contribution in [0.25, 0.3) is 0 Å². The lowest BCUT2D eigenvalue weighted by atomic mass is 9.90. The predicted octanol–water partition coefficient (Wildman–Crippen LogP) is 1.05. The molecule has 0 aliphatic heterocycles. The Morgan fingerprint density at radius 2 is 2.12 bits per heavy atom. The van der Waals surface area contributed by atoms with Crippen LogP contribution in [-0.4, -0.2) is 30.7 Å². The van der Waals surface area contributed by atoms with E-state index >= 15 is 0 Å². The van der Waals surface area contributed by atoms with Crippen LogP contribution in [0, 0.1) is 0 Å². The largest absolute Gasteiger partial charge is 0.481 e. The molecule has 1 aromatic rings. The minimum absolute atomic E-state index is 0.145. The fourth-order valence-corrected chi connectivity index (χ4v) is 3.17. The van der Waals surface area contributed by atoms with E-state index in [1.165, 1.54) is 25.2 Å². The van der Waals surface area contributed by atoms with E-state index in [2.05, 4.69) is 4.98 Å². The molecule has 90 valence electrons. The van der Waals surface area contributed by atoms with Gasteiger partial charge in [-0.15, -0.1) is 11.3 Å². The van der Waals surface area contributed by atoms with Crippen LogP contribution in [0.5, 0.6) is 0 Å². The van der Waals surface area contributed by atoms with Crippen molar-refractivity contribution in [1.82, 2.24) is 4.98 Å². The molecule has 0 amide bonds. The Hall–Kier alpha value is -0.950. The van der Waals surface area contributed by atoms with Crippen molar-refractivity contribution in [1.29, 1.82) is 0 Å². The Morgan fingerprint density at radius 3 is 2.56 bits per heavy atom. The molecule has 0 spiro atoms. The first-order chi connectivity index (χ1) is 7.13. The van der Waals surface area contributed by atoms with E-state index in [1.54, 1.807) is 5.38 Å². The number of sulfone groups is 1. The molecule has 0 unspecified atom stereocenters. The molecule has 0 aromatic carbocycles. The maximum atomic E-state index is 11.0. The van der Waals surface area contributed by atoms with Crippen LogP contribution in [0.15, 0.2) is 5.38 Å². The van der Waals surface area contributed by atoms with Crippen molar-refractivity contribution in [2.24, 2.45) is 0 Å². The van der Waals surface area contributed by atoms with E-state index < -0.39 is 21.2 Å². The monoisotopic (exact) mass is 263 g/mol. The lowest BCUT2D eigenvalue weighted by Gasteiger charge is -2.15. The van der Waals surface area contributed by atoms with E-state index in [0.29, 0.717) is 10.7 Å². The quantitative estimate of drug-likeness (QED) is 0.877. The molecule has 0 radical (unpaired) electrons. The van der Waals surface area contributed by atoms with Crippen LogP contribution < -0.4 is 0 Å². The average molecular weight is 263 g/mol. The van der Waals surface area contributed by atoms with Crippen LogP contribution in [-0.2, 0) is 25.8 Å². The summed E-state index contributed by atoms with van der Waals surface area (Å²) in [4.78, 5) is 15.0. The Morgan fingerprint density at radius 1 is 1.56 bits per heavy atom. The SMILES string of the molecule is CC(C)(C(=O)O)c1csc(CS(C)(=O)=O)n1. The molecule has 7 heteroatoms. The molecule has 16 heavy (non-hydrogen) atoms. The third-order valence-corrected chi connectivity index (χ3v) is 3.94. The minimum atomic E-state index is -3.13. The average Bonchev–Trinajstić information content (AvgIpc) is 2.49. The first kappa shape index (κ1) is 13.1. The maximum Gasteiger partial charge on any atom is 0.315 e. The summed E-state index contributed by atoms with van der Waals surface area (Å²) in [5.41, 5.74) is -0.699. The van der Waals surface area contributed by atoms with Crippen molar-refractivity contribution in [2.45, 2.75) is 25.0 Å². The minimum Gasteiger partial charge on any atom is -0.481 e. The van der Waals surface area contributed by atoms with Gasteiger partial charge >= 0.3 is 5.97 Å². The number of carboxylic acid groups (broad SMARTS) is 1. The summed E-state index contributed by atoms with van der Waals surface area (Å²) >= 11 is 1.17. The summed E-state index contributed by atoms with van der Waals surface area (Å²) in [6.45, 7) is 3.07. The number of carboxylic acids is 1. The van der Waals surface area contributed by atoms with Crippen molar-refractivity contribution in [3.63, 3.8) is 0 Å². The number of nitrogens with zero attached hydrogens (tertiary/aromatic N) is 1.